The quantitative estimate of drug-likeness (QED) is 0.842. The van der Waals surface area contributed by atoms with Crippen LogP contribution in [-0.2, 0) is 11.3 Å². The van der Waals surface area contributed by atoms with E-state index < -0.39 is 0 Å². The van der Waals surface area contributed by atoms with Gasteiger partial charge in [-0.25, -0.2) is 0 Å². The predicted octanol–water partition coefficient (Wildman–Crippen LogP) is 3.75. The Morgan fingerprint density at radius 3 is 2.39 bits per heavy atom. The highest BCUT2D eigenvalue weighted by atomic mass is 16.5. The van der Waals surface area contributed by atoms with Crippen LogP contribution in [-0.4, -0.2) is 24.0 Å². The summed E-state index contributed by atoms with van der Waals surface area (Å²) in [5, 5.41) is 0. The standard InChI is InChI=1S/C20H23NO2/c1-16-12-18(15-23-19-10-6-3-7-11-19)14-21(20(16)22)13-17-8-4-2-5-9-17/h2-11,16,18H,12-15H2,1H3. The normalized spacial score (nSPS) is 21.3. The number of amides is 1. The van der Waals surface area contributed by atoms with Gasteiger partial charge in [-0.3, -0.25) is 4.79 Å². The summed E-state index contributed by atoms with van der Waals surface area (Å²) in [5.74, 6) is 1.60. The van der Waals surface area contributed by atoms with Crippen molar-refractivity contribution in [3.63, 3.8) is 0 Å². The lowest BCUT2D eigenvalue weighted by atomic mass is 9.90. The third-order valence-corrected chi connectivity index (χ3v) is 4.34. The predicted molar refractivity (Wildman–Crippen MR) is 91.1 cm³/mol. The number of benzene rings is 2. The highest BCUT2D eigenvalue weighted by Gasteiger charge is 2.31. The van der Waals surface area contributed by atoms with Gasteiger partial charge in [0.25, 0.3) is 0 Å². The molecule has 1 aliphatic heterocycles. The van der Waals surface area contributed by atoms with Gasteiger partial charge in [-0.15, -0.1) is 0 Å². The summed E-state index contributed by atoms with van der Waals surface area (Å²) in [6.45, 7) is 4.14. The first kappa shape index (κ1) is 15.6. The maximum absolute atomic E-state index is 12.4. The second-order valence-electron chi connectivity index (χ2n) is 6.33. The Morgan fingerprint density at radius 2 is 1.70 bits per heavy atom. The third-order valence-electron chi connectivity index (χ3n) is 4.34. The van der Waals surface area contributed by atoms with Crippen molar-refractivity contribution in [3.05, 3.63) is 66.2 Å². The van der Waals surface area contributed by atoms with Crippen molar-refractivity contribution in [2.24, 2.45) is 11.8 Å². The number of para-hydroxylation sites is 1. The molecule has 0 N–H and O–H groups in total. The van der Waals surface area contributed by atoms with E-state index in [0.717, 1.165) is 18.7 Å². The van der Waals surface area contributed by atoms with E-state index in [2.05, 4.69) is 12.1 Å². The Bertz CT molecular complexity index is 627. The largest absolute Gasteiger partial charge is 0.493 e. The van der Waals surface area contributed by atoms with E-state index in [-0.39, 0.29) is 11.8 Å². The fourth-order valence-electron chi connectivity index (χ4n) is 3.19. The van der Waals surface area contributed by atoms with Crippen molar-refractivity contribution in [3.8, 4) is 5.75 Å². The molecule has 0 spiro atoms. The fourth-order valence-corrected chi connectivity index (χ4v) is 3.19. The van der Waals surface area contributed by atoms with Crippen LogP contribution in [0.3, 0.4) is 0 Å². The van der Waals surface area contributed by atoms with Gasteiger partial charge in [-0.1, -0.05) is 55.5 Å². The van der Waals surface area contributed by atoms with Crippen molar-refractivity contribution < 1.29 is 9.53 Å². The minimum atomic E-state index is 0.0665. The monoisotopic (exact) mass is 309 g/mol. The summed E-state index contributed by atoms with van der Waals surface area (Å²) in [5.41, 5.74) is 1.18. The number of nitrogens with zero attached hydrogens (tertiary/aromatic N) is 1. The minimum absolute atomic E-state index is 0.0665. The number of hydrogen-bond donors (Lipinski definition) is 0. The number of ether oxygens (including phenoxy) is 1. The summed E-state index contributed by atoms with van der Waals surface area (Å²) < 4.78 is 5.89. The number of likely N-dealkylation sites (tertiary alicyclic amines) is 1. The van der Waals surface area contributed by atoms with Crippen LogP contribution in [0, 0.1) is 11.8 Å². The van der Waals surface area contributed by atoms with Gasteiger partial charge in [0.15, 0.2) is 0 Å². The molecule has 3 nitrogen and oxygen atoms in total. The number of rotatable bonds is 5. The summed E-state index contributed by atoms with van der Waals surface area (Å²) in [6, 6.07) is 20.1. The van der Waals surface area contributed by atoms with Gasteiger partial charge in [-0.2, -0.15) is 0 Å². The van der Waals surface area contributed by atoms with Gasteiger partial charge in [0.2, 0.25) is 5.91 Å². The molecule has 0 aromatic heterocycles. The second-order valence-corrected chi connectivity index (χ2v) is 6.33. The molecule has 23 heavy (non-hydrogen) atoms. The summed E-state index contributed by atoms with van der Waals surface area (Å²) in [6.07, 6.45) is 0.900. The Balaban J connectivity index is 1.61. The molecule has 0 radical (unpaired) electrons. The molecule has 1 amide bonds. The van der Waals surface area contributed by atoms with Gasteiger partial charge in [0.05, 0.1) is 6.61 Å². The molecule has 0 bridgehead atoms. The van der Waals surface area contributed by atoms with Crippen LogP contribution in [0.5, 0.6) is 5.75 Å². The topological polar surface area (TPSA) is 29.5 Å². The molecule has 3 rings (SSSR count). The molecular formula is C20H23NO2. The van der Waals surface area contributed by atoms with Gasteiger partial charge >= 0.3 is 0 Å². The Morgan fingerprint density at radius 1 is 1.04 bits per heavy atom. The molecule has 120 valence electrons. The van der Waals surface area contributed by atoms with Crippen molar-refractivity contribution in [2.75, 3.05) is 13.2 Å². The van der Waals surface area contributed by atoms with E-state index >= 15 is 0 Å². The van der Waals surface area contributed by atoms with Crippen molar-refractivity contribution in [1.29, 1.82) is 0 Å². The molecule has 0 aliphatic carbocycles. The van der Waals surface area contributed by atoms with E-state index in [9.17, 15) is 4.79 Å². The van der Waals surface area contributed by atoms with Crippen molar-refractivity contribution in [2.45, 2.75) is 19.9 Å². The Labute approximate surface area is 137 Å². The van der Waals surface area contributed by atoms with E-state index in [1.165, 1.54) is 5.56 Å². The van der Waals surface area contributed by atoms with Crippen LogP contribution < -0.4 is 4.74 Å². The zero-order chi connectivity index (χ0) is 16.1. The maximum atomic E-state index is 12.4. The first-order chi connectivity index (χ1) is 11.2. The molecule has 1 saturated heterocycles. The molecule has 1 heterocycles. The van der Waals surface area contributed by atoms with Crippen LogP contribution in [0.4, 0.5) is 0 Å². The molecule has 2 unspecified atom stereocenters. The lowest BCUT2D eigenvalue weighted by Gasteiger charge is -2.36. The summed E-state index contributed by atoms with van der Waals surface area (Å²) in [4.78, 5) is 14.4. The summed E-state index contributed by atoms with van der Waals surface area (Å²) >= 11 is 0. The van der Waals surface area contributed by atoms with Crippen LogP contribution in [0.15, 0.2) is 60.7 Å². The highest BCUT2D eigenvalue weighted by Crippen LogP contribution is 2.25. The number of carbonyl (C=O) groups excluding carboxylic acids is 1. The Hall–Kier alpha value is -2.29. The fraction of sp³-hybridized carbons (Fsp3) is 0.350. The lowest BCUT2D eigenvalue weighted by Crippen LogP contribution is -2.45. The maximum Gasteiger partial charge on any atom is 0.225 e. The van der Waals surface area contributed by atoms with E-state index in [1.807, 2.05) is 60.4 Å². The van der Waals surface area contributed by atoms with Crippen LogP contribution in [0.1, 0.15) is 18.9 Å². The van der Waals surface area contributed by atoms with E-state index in [4.69, 9.17) is 4.74 Å². The molecule has 2 aromatic carbocycles. The molecule has 3 heteroatoms. The van der Waals surface area contributed by atoms with Gasteiger partial charge in [0, 0.05) is 24.9 Å². The molecule has 2 aromatic rings. The highest BCUT2D eigenvalue weighted by molar-refractivity contribution is 5.79. The lowest BCUT2D eigenvalue weighted by molar-refractivity contribution is -0.140. The average molecular weight is 309 g/mol. The minimum Gasteiger partial charge on any atom is -0.493 e. The first-order valence-corrected chi connectivity index (χ1v) is 8.23. The first-order valence-electron chi connectivity index (χ1n) is 8.23. The van der Waals surface area contributed by atoms with Gasteiger partial charge in [0.1, 0.15) is 5.75 Å². The third kappa shape index (κ3) is 4.13. The number of hydrogen-bond acceptors (Lipinski definition) is 2. The SMILES string of the molecule is CC1CC(COc2ccccc2)CN(Cc2ccccc2)C1=O. The zero-order valence-electron chi connectivity index (χ0n) is 13.5. The molecule has 1 fully saturated rings. The van der Waals surface area contributed by atoms with Crippen molar-refractivity contribution >= 4 is 5.91 Å². The van der Waals surface area contributed by atoms with Gasteiger partial charge in [-0.05, 0) is 24.1 Å². The summed E-state index contributed by atoms with van der Waals surface area (Å²) in [7, 11) is 0. The van der Waals surface area contributed by atoms with E-state index in [1.54, 1.807) is 0 Å². The average Bonchev–Trinajstić information content (AvgIpc) is 2.59. The van der Waals surface area contributed by atoms with Crippen LogP contribution in [0.2, 0.25) is 0 Å². The number of carbonyl (C=O) groups is 1. The molecule has 2 atom stereocenters. The zero-order valence-corrected chi connectivity index (χ0v) is 13.5. The molecular weight excluding hydrogens is 286 g/mol. The molecule has 1 aliphatic rings. The van der Waals surface area contributed by atoms with Gasteiger partial charge < -0.3 is 9.64 Å². The Kier molecular flexibility index (Phi) is 4.96. The smallest absolute Gasteiger partial charge is 0.225 e. The second kappa shape index (κ2) is 7.32. The molecule has 0 saturated carbocycles. The van der Waals surface area contributed by atoms with Crippen molar-refractivity contribution in [1.82, 2.24) is 4.90 Å². The number of piperidine rings is 1. The van der Waals surface area contributed by atoms with Crippen LogP contribution in [0.25, 0.3) is 0 Å². The van der Waals surface area contributed by atoms with E-state index in [0.29, 0.717) is 19.1 Å². The van der Waals surface area contributed by atoms with Crippen LogP contribution >= 0.6 is 0 Å².